The Morgan fingerprint density at radius 3 is 2.52 bits per heavy atom. The van der Waals surface area contributed by atoms with Gasteiger partial charge in [0.15, 0.2) is 5.82 Å². The third-order valence-electron chi connectivity index (χ3n) is 4.74. The Balaban J connectivity index is 1.93. The first kappa shape index (κ1) is 17.9. The van der Waals surface area contributed by atoms with Crippen molar-refractivity contribution >= 4 is 26.7 Å². The van der Waals surface area contributed by atoms with E-state index in [1.54, 1.807) is 24.3 Å². The summed E-state index contributed by atoms with van der Waals surface area (Å²) in [4.78, 5) is 11.5. The molecule has 0 saturated carbocycles. The van der Waals surface area contributed by atoms with Crippen LogP contribution in [-0.4, -0.2) is 44.1 Å². The van der Waals surface area contributed by atoms with E-state index in [0.29, 0.717) is 29.9 Å². The number of fused-ring (bicyclic) bond motifs is 1. The Hall–Kier alpha value is -2.51. The highest BCUT2D eigenvalue weighted by atomic mass is 32.2. The van der Waals surface area contributed by atoms with Crippen LogP contribution in [-0.2, 0) is 9.84 Å². The number of nitrogens with one attached hydrogen (secondary N) is 1. The van der Waals surface area contributed by atoms with Crippen molar-refractivity contribution in [2.75, 3.05) is 24.5 Å². The van der Waals surface area contributed by atoms with Crippen molar-refractivity contribution < 1.29 is 8.42 Å². The Kier molecular flexibility index (Phi) is 4.57. The molecule has 7 heteroatoms. The minimum absolute atomic E-state index is 0.0286. The molecule has 1 N–H and O–H groups in total. The molecule has 2 aromatic carbocycles. The number of sulfone groups is 1. The number of anilines is 1. The summed E-state index contributed by atoms with van der Waals surface area (Å²) in [6, 6.07) is 14.6. The second-order valence-corrected chi connectivity index (χ2v) is 8.83. The van der Waals surface area contributed by atoms with Crippen LogP contribution < -0.4 is 10.2 Å². The van der Waals surface area contributed by atoms with Gasteiger partial charge in [0.1, 0.15) is 0 Å². The van der Waals surface area contributed by atoms with Crippen molar-refractivity contribution in [3.63, 3.8) is 0 Å². The molecule has 6 nitrogen and oxygen atoms in total. The predicted molar refractivity (Wildman–Crippen MR) is 106 cm³/mol. The second-order valence-electron chi connectivity index (χ2n) is 6.96. The van der Waals surface area contributed by atoms with Gasteiger partial charge < -0.3 is 10.2 Å². The topological polar surface area (TPSA) is 75.2 Å². The van der Waals surface area contributed by atoms with E-state index >= 15 is 0 Å². The zero-order valence-corrected chi connectivity index (χ0v) is 16.2. The number of piperazine rings is 1. The van der Waals surface area contributed by atoms with Gasteiger partial charge in [0, 0.05) is 25.7 Å². The molecule has 0 bridgehead atoms. The van der Waals surface area contributed by atoms with Crippen LogP contribution in [0.25, 0.3) is 11.0 Å². The molecular weight excluding hydrogens is 360 g/mol. The molecule has 3 aromatic rings. The van der Waals surface area contributed by atoms with E-state index in [1.807, 2.05) is 36.1 Å². The maximum Gasteiger partial charge on any atom is 0.227 e. The molecule has 27 heavy (non-hydrogen) atoms. The fourth-order valence-corrected chi connectivity index (χ4v) is 4.84. The molecule has 0 radical (unpaired) electrons. The summed E-state index contributed by atoms with van der Waals surface area (Å²) < 4.78 is 26.9. The van der Waals surface area contributed by atoms with E-state index < -0.39 is 9.84 Å². The molecule has 1 aliphatic rings. The highest BCUT2D eigenvalue weighted by Gasteiger charge is 2.29. The molecule has 2 heterocycles. The summed E-state index contributed by atoms with van der Waals surface area (Å²) >= 11 is 0. The predicted octanol–water partition coefficient (Wildman–Crippen LogP) is 2.57. The van der Waals surface area contributed by atoms with Crippen LogP contribution in [0, 0.1) is 6.92 Å². The lowest BCUT2D eigenvalue weighted by atomic mass is 10.2. The second kappa shape index (κ2) is 6.90. The average molecular weight is 382 g/mol. The average Bonchev–Trinajstić information content (AvgIpc) is 2.67. The number of hydrogen-bond donors (Lipinski definition) is 1. The summed E-state index contributed by atoms with van der Waals surface area (Å²) in [7, 11) is -3.79. The van der Waals surface area contributed by atoms with Gasteiger partial charge >= 0.3 is 0 Å². The number of nitrogens with zero attached hydrogens (tertiary/aromatic N) is 3. The number of hydrogen-bond acceptors (Lipinski definition) is 6. The van der Waals surface area contributed by atoms with E-state index in [1.165, 1.54) is 0 Å². The van der Waals surface area contributed by atoms with Crippen molar-refractivity contribution in [2.24, 2.45) is 0 Å². The quantitative estimate of drug-likeness (QED) is 0.750. The highest BCUT2D eigenvalue weighted by Crippen LogP contribution is 2.30. The van der Waals surface area contributed by atoms with Gasteiger partial charge in [0.25, 0.3) is 0 Å². The molecule has 1 atom stereocenters. The van der Waals surface area contributed by atoms with Gasteiger partial charge in [-0.3, -0.25) is 0 Å². The zero-order valence-electron chi connectivity index (χ0n) is 15.4. The molecule has 140 valence electrons. The van der Waals surface area contributed by atoms with Crippen molar-refractivity contribution in [1.82, 2.24) is 15.3 Å². The van der Waals surface area contributed by atoms with E-state index in [4.69, 9.17) is 4.98 Å². The Labute approximate surface area is 159 Å². The number of aromatic nitrogens is 2. The largest absolute Gasteiger partial charge is 0.351 e. The zero-order chi connectivity index (χ0) is 19.0. The maximum atomic E-state index is 13.4. The first-order valence-corrected chi connectivity index (χ1v) is 10.5. The molecule has 1 saturated heterocycles. The smallest absolute Gasteiger partial charge is 0.227 e. The SMILES string of the molecule is Cc1cccc(S(=O)(=O)c2nc3ccccc3nc2N2CCNC(C)C2)c1. The van der Waals surface area contributed by atoms with Crippen molar-refractivity contribution in [3.8, 4) is 0 Å². The Morgan fingerprint density at radius 1 is 1.07 bits per heavy atom. The normalized spacial score (nSPS) is 18.0. The molecule has 1 aromatic heterocycles. The van der Waals surface area contributed by atoms with Crippen LogP contribution in [0.4, 0.5) is 5.82 Å². The molecule has 1 unspecified atom stereocenters. The summed E-state index contributed by atoms with van der Waals surface area (Å²) in [5, 5.41) is 3.41. The lowest BCUT2D eigenvalue weighted by Gasteiger charge is -2.33. The van der Waals surface area contributed by atoms with Gasteiger partial charge in [0.05, 0.1) is 15.9 Å². The highest BCUT2D eigenvalue weighted by molar-refractivity contribution is 7.91. The van der Waals surface area contributed by atoms with Crippen LogP contribution >= 0.6 is 0 Å². The Morgan fingerprint density at radius 2 is 1.81 bits per heavy atom. The van der Waals surface area contributed by atoms with Gasteiger partial charge in [-0.2, -0.15) is 0 Å². The minimum Gasteiger partial charge on any atom is -0.351 e. The Bertz CT molecular complexity index is 1100. The van der Waals surface area contributed by atoms with Crippen LogP contribution in [0.1, 0.15) is 12.5 Å². The van der Waals surface area contributed by atoms with E-state index in [2.05, 4.69) is 17.2 Å². The molecule has 1 aliphatic heterocycles. The summed E-state index contributed by atoms with van der Waals surface area (Å²) in [6.45, 7) is 6.11. The third kappa shape index (κ3) is 3.40. The number of aryl methyl sites for hydroxylation is 1. The number of rotatable bonds is 3. The van der Waals surface area contributed by atoms with Crippen LogP contribution in [0.5, 0.6) is 0 Å². The van der Waals surface area contributed by atoms with Gasteiger partial charge in [-0.1, -0.05) is 24.3 Å². The molecule has 0 aliphatic carbocycles. The van der Waals surface area contributed by atoms with Crippen LogP contribution in [0.2, 0.25) is 0 Å². The maximum absolute atomic E-state index is 13.4. The minimum atomic E-state index is -3.79. The van der Waals surface area contributed by atoms with Crippen molar-refractivity contribution in [1.29, 1.82) is 0 Å². The molecule has 4 rings (SSSR count). The van der Waals surface area contributed by atoms with E-state index in [9.17, 15) is 8.42 Å². The van der Waals surface area contributed by atoms with Gasteiger partial charge in [-0.25, -0.2) is 18.4 Å². The van der Waals surface area contributed by atoms with Gasteiger partial charge in [0.2, 0.25) is 14.9 Å². The fraction of sp³-hybridized carbons (Fsp3) is 0.300. The molecule has 0 spiro atoms. The standard InChI is InChI=1S/C20H22N4O2S/c1-14-6-5-7-16(12-14)27(25,26)20-19(24-11-10-21-15(2)13-24)22-17-8-3-4-9-18(17)23-20/h3-9,12,15,21H,10-11,13H2,1-2H3. The first-order chi connectivity index (χ1) is 12.9. The number of para-hydroxylation sites is 2. The first-order valence-electron chi connectivity index (χ1n) is 9.02. The van der Waals surface area contributed by atoms with Gasteiger partial charge in [-0.05, 0) is 43.7 Å². The molecule has 1 fully saturated rings. The summed E-state index contributed by atoms with van der Waals surface area (Å²) in [5.41, 5.74) is 2.17. The van der Waals surface area contributed by atoms with Crippen LogP contribution in [0.15, 0.2) is 58.5 Å². The lowest BCUT2D eigenvalue weighted by molar-refractivity contribution is 0.479. The third-order valence-corrected chi connectivity index (χ3v) is 6.40. The number of benzene rings is 2. The molecule has 0 amide bonds. The van der Waals surface area contributed by atoms with E-state index in [-0.39, 0.29) is 16.0 Å². The van der Waals surface area contributed by atoms with Gasteiger partial charge in [-0.15, -0.1) is 0 Å². The fourth-order valence-electron chi connectivity index (χ4n) is 3.38. The van der Waals surface area contributed by atoms with Crippen molar-refractivity contribution in [2.45, 2.75) is 29.8 Å². The van der Waals surface area contributed by atoms with Crippen molar-refractivity contribution in [3.05, 3.63) is 54.1 Å². The molecular formula is C20H22N4O2S. The lowest BCUT2D eigenvalue weighted by Crippen LogP contribution is -2.50. The monoisotopic (exact) mass is 382 g/mol. The van der Waals surface area contributed by atoms with Crippen LogP contribution in [0.3, 0.4) is 0 Å². The van der Waals surface area contributed by atoms with E-state index in [0.717, 1.165) is 12.1 Å². The summed E-state index contributed by atoms with van der Waals surface area (Å²) in [6.07, 6.45) is 0. The summed E-state index contributed by atoms with van der Waals surface area (Å²) in [5.74, 6) is 0.434.